The minimum absolute atomic E-state index is 0.0937. The minimum Gasteiger partial charge on any atom is -0.342 e. The zero-order chi connectivity index (χ0) is 11.0. The first kappa shape index (κ1) is 10.9. The van der Waals surface area contributed by atoms with Crippen molar-refractivity contribution in [1.82, 2.24) is 4.90 Å². The first-order chi connectivity index (χ1) is 7.11. The maximum Gasteiger partial charge on any atom is 0.227 e. The summed E-state index contributed by atoms with van der Waals surface area (Å²) in [6.45, 7) is 2.16. The van der Waals surface area contributed by atoms with Crippen molar-refractivity contribution in [3.8, 4) is 0 Å². The van der Waals surface area contributed by atoms with E-state index in [0.717, 1.165) is 25.2 Å². The number of rotatable bonds is 3. The summed E-state index contributed by atoms with van der Waals surface area (Å²) >= 11 is 0. The zero-order valence-corrected chi connectivity index (χ0v) is 9.78. The van der Waals surface area contributed by atoms with E-state index in [2.05, 4.69) is 6.92 Å². The molecule has 3 atom stereocenters. The number of hydrogen-bond acceptors (Lipinski definition) is 2. The van der Waals surface area contributed by atoms with Gasteiger partial charge in [-0.15, -0.1) is 0 Å². The fraction of sp³-hybridized carbons (Fsp3) is 0.917. The van der Waals surface area contributed by atoms with Crippen LogP contribution < -0.4 is 5.73 Å². The third-order valence-electron chi connectivity index (χ3n) is 4.15. The van der Waals surface area contributed by atoms with Gasteiger partial charge in [-0.2, -0.15) is 0 Å². The summed E-state index contributed by atoms with van der Waals surface area (Å²) in [6, 6.07) is 0.511. The molecule has 0 heterocycles. The highest BCUT2D eigenvalue weighted by atomic mass is 16.2. The average Bonchev–Trinajstić information content (AvgIpc) is 2.98. The van der Waals surface area contributed by atoms with E-state index in [0.29, 0.717) is 6.04 Å². The predicted octanol–water partition coefficient (Wildman–Crippen LogP) is 1.37. The summed E-state index contributed by atoms with van der Waals surface area (Å²) in [6.07, 6.45) is 5.69. The predicted molar refractivity (Wildman–Crippen MR) is 60.3 cm³/mol. The lowest BCUT2D eigenvalue weighted by molar-refractivity contribution is -0.136. The fourth-order valence-corrected chi connectivity index (χ4v) is 2.65. The van der Waals surface area contributed by atoms with Crippen LogP contribution in [-0.2, 0) is 4.79 Å². The molecule has 2 N–H and O–H groups in total. The molecule has 0 aromatic carbocycles. The zero-order valence-electron chi connectivity index (χ0n) is 9.78. The first-order valence-electron chi connectivity index (χ1n) is 6.13. The number of nitrogens with zero attached hydrogens (tertiary/aromatic N) is 1. The van der Waals surface area contributed by atoms with Crippen molar-refractivity contribution in [2.75, 3.05) is 7.05 Å². The fourth-order valence-electron chi connectivity index (χ4n) is 2.65. The Labute approximate surface area is 92.0 Å². The maximum atomic E-state index is 12.2. The normalized spacial score (nSPS) is 32.7. The number of amides is 1. The quantitative estimate of drug-likeness (QED) is 0.764. The molecule has 3 heteroatoms. The standard InChI is InChI=1S/C12H22N2O/c1-8(9-6-7-9)14(2)12(15)10-4-3-5-11(10)13/h8-11H,3-7,13H2,1-2H3. The Bertz CT molecular complexity index is 250. The Hall–Kier alpha value is -0.570. The average molecular weight is 210 g/mol. The SMILES string of the molecule is CC(C1CC1)N(C)C(=O)C1CCCC1N. The molecule has 0 saturated heterocycles. The van der Waals surface area contributed by atoms with Gasteiger partial charge in [0.15, 0.2) is 0 Å². The van der Waals surface area contributed by atoms with E-state index < -0.39 is 0 Å². The van der Waals surface area contributed by atoms with Crippen molar-refractivity contribution in [2.45, 2.75) is 51.1 Å². The molecule has 2 aliphatic carbocycles. The summed E-state index contributed by atoms with van der Waals surface area (Å²) in [7, 11) is 1.94. The number of carbonyl (C=O) groups is 1. The molecule has 15 heavy (non-hydrogen) atoms. The van der Waals surface area contributed by atoms with Crippen LogP contribution in [0, 0.1) is 11.8 Å². The van der Waals surface area contributed by atoms with Crippen molar-refractivity contribution < 1.29 is 4.79 Å². The van der Waals surface area contributed by atoms with E-state index in [1.54, 1.807) is 0 Å². The summed E-state index contributed by atoms with van der Waals surface area (Å²) in [5, 5.41) is 0. The molecular formula is C12H22N2O. The van der Waals surface area contributed by atoms with Crippen LogP contribution in [0.2, 0.25) is 0 Å². The van der Waals surface area contributed by atoms with Gasteiger partial charge >= 0.3 is 0 Å². The van der Waals surface area contributed by atoms with Crippen molar-refractivity contribution in [2.24, 2.45) is 17.6 Å². The molecule has 0 aromatic rings. The van der Waals surface area contributed by atoms with Gasteiger partial charge in [0, 0.05) is 19.1 Å². The smallest absolute Gasteiger partial charge is 0.227 e. The molecule has 0 radical (unpaired) electrons. The Morgan fingerprint density at radius 1 is 1.33 bits per heavy atom. The summed E-state index contributed by atoms with van der Waals surface area (Å²) in [4.78, 5) is 14.1. The van der Waals surface area contributed by atoms with Crippen molar-refractivity contribution in [3.05, 3.63) is 0 Å². The van der Waals surface area contributed by atoms with Gasteiger partial charge < -0.3 is 10.6 Å². The van der Waals surface area contributed by atoms with Gasteiger partial charge in [-0.1, -0.05) is 6.42 Å². The Kier molecular flexibility index (Phi) is 3.01. The van der Waals surface area contributed by atoms with Gasteiger partial charge in [0.05, 0.1) is 5.92 Å². The van der Waals surface area contributed by atoms with Crippen LogP contribution in [0.5, 0.6) is 0 Å². The van der Waals surface area contributed by atoms with Crippen LogP contribution in [0.3, 0.4) is 0 Å². The molecule has 0 aromatic heterocycles. The van der Waals surface area contributed by atoms with Crippen LogP contribution in [0.1, 0.15) is 39.0 Å². The third kappa shape index (κ3) is 2.17. The Balaban J connectivity index is 1.93. The van der Waals surface area contributed by atoms with Crippen molar-refractivity contribution in [1.29, 1.82) is 0 Å². The maximum absolute atomic E-state index is 12.2. The lowest BCUT2D eigenvalue weighted by Gasteiger charge is -2.29. The van der Waals surface area contributed by atoms with Gasteiger partial charge in [0.2, 0.25) is 5.91 Å². The van der Waals surface area contributed by atoms with Crippen LogP contribution in [-0.4, -0.2) is 29.9 Å². The van der Waals surface area contributed by atoms with Gasteiger partial charge in [0.1, 0.15) is 0 Å². The van der Waals surface area contributed by atoms with Crippen LogP contribution in [0.4, 0.5) is 0 Å². The molecule has 0 bridgehead atoms. The van der Waals surface area contributed by atoms with E-state index in [1.807, 2.05) is 11.9 Å². The molecule has 2 rings (SSSR count). The highest BCUT2D eigenvalue weighted by molar-refractivity contribution is 5.80. The highest BCUT2D eigenvalue weighted by Gasteiger charge is 2.37. The molecule has 0 aliphatic heterocycles. The molecule has 2 saturated carbocycles. The number of carbonyl (C=O) groups excluding carboxylic acids is 1. The number of hydrogen-bond donors (Lipinski definition) is 1. The lowest BCUT2D eigenvalue weighted by atomic mass is 10.0. The van der Waals surface area contributed by atoms with Gasteiger partial charge in [-0.05, 0) is 38.5 Å². The summed E-state index contributed by atoms with van der Waals surface area (Å²) < 4.78 is 0. The molecule has 0 spiro atoms. The molecule has 3 unspecified atom stereocenters. The van der Waals surface area contributed by atoms with Crippen molar-refractivity contribution in [3.63, 3.8) is 0 Å². The van der Waals surface area contributed by atoms with E-state index >= 15 is 0 Å². The minimum atomic E-state index is 0.0937. The summed E-state index contributed by atoms with van der Waals surface area (Å²) in [5.41, 5.74) is 5.96. The monoisotopic (exact) mass is 210 g/mol. The van der Waals surface area contributed by atoms with Gasteiger partial charge in [0.25, 0.3) is 0 Å². The second-order valence-electron chi connectivity index (χ2n) is 5.23. The first-order valence-corrected chi connectivity index (χ1v) is 6.13. The molecular weight excluding hydrogens is 188 g/mol. The Morgan fingerprint density at radius 2 is 2.00 bits per heavy atom. The molecule has 2 aliphatic rings. The van der Waals surface area contributed by atoms with Gasteiger partial charge in [-0.25, -0.2) is 0 Å². The number of nitrogens with two attached hydrogens (primary N) is 1. The van der Waals surface area contributed by atoms with Crippen molar-refractivity contribution >= 4 is 5.91 Å². The second-order valence-corrected chi connectivity index (χ2v) is 5.23. The largest absolute Gasteiger partial charge is 0.342 e. The highest BCUT2D eigenvalue weighted by Crippen LogP contribution is 2.36. The van der Waals surface area contributed by atoms with Crippen LogP contribution in [0.25, 0.3) is 0 Å². The third-order valence-corrected chi connectivity index (χ3v) is 4.15. The lowest BCUT2D eigenvalue weighted by Crippen LogP contribution is -2.44. The van der Waals surface area contributed by atoms with E-state index in [4.69, 9.17) is 5.73 Å². The topological polar surface area (TPSA) is 46.3 Å². The van der Waals surface area contributed by atoms with E-state index in [9.17, 15) is 4.79 Å². The molecule has 86 valence electrons. The molecule has 2 fully saturated rings. The second kappa shape index (κ2) is 4.12. The van der Waals surface area contributed by atoms with Crippen LogP contribution in [0.15, 0.2) is 0 Å². The summed E-state index contributed by atoms with van der Waals surface area (Å²) in [5.74, 6) is 1.12. The van der Waals surface area contributed by atoms with E-state index in [1.165, 1.54) is 12.8 Å². The van der Waals surface area contributed by atoms with E-state index in [-0.39, 0.29) is 17.9 Å². The van der Waals surface area contributed by atoms with Gasteiger partial charge in [-0.3, -0.25) is 4.79 Å². The molecule has 3 nitrogen and oxygen atoms in total. The van der Waals surface area contributed by atoms with Crippen LogP contribution >= 0.6 is 0 Å². The Morgan fingerprint density at radius 3 is 2.47 bits per heavy atom. The molecule has 1 amide bonds.